The first-order chi connectivity index (χ1) is 8.66. The summed E-state index contributed by atoms with van der Waals surface area (Å²) in [5.41, 5.74) is 0. The lowest BCUT2D eigenvalue weighted by atomic mass is 9.88. The van der Waals surface area contributed by atoms with E-state index in [0.717, 1.165) is 38.5 Å². The minimum absolute atomic E-state index is 0.0701. The van der Waals surface area contributed by atoms with Gasteiger partial charge in [0.2, 0.25) is 0 Å². The highest BCUT2D eigenvalue weighted by Gasteiger charge is 2.32. The molecule has 1 aliphatic rings. The number of esters is 1. The molecule has 104 valence electrons. The van der Waals surface area contributed by atoms with Gasteiger partial charge >= 0.3 is 5.97 Å². The van der Waals surface area contributed by atoms with E-state index in [4.69, 9.17) is 16.3 Å². The predicted octanol–water partition coefficient (Wildman–Crippen LogP) is 3.04. The minimum atomic E-state index is -0.942. The summed E-state index contributed by atoms with van der Waals surface area (Å²) in [5, 5.41) is 9.11. The van der Waals surface area contributed by atoms with Gasteiger partial charge in [0.25, 0.3) is 0 Å². The molecule has 1 N–H and O–H groups in total. The lowest BCUT2D eigenvalue weighted by Crippen LogP contribution is -2.37. The van der Waals surface area contributed by atoms with Crippen molar-refractivity contribution in [3.63, 3.8) is 0 Å². The van der Waals surface area contributed by atoms with Crippen LogP contribution in [0.5, 0.6) is 0 Å². The van der Waals surface area contributed by atoms with Gasteiger partial charge in [0, 0.05) is 0 Å². The Balaban J connectivity index is 2.30. The van der Waals surface area contributed by atoms with Crippen molar-refractivity contribution in [2.24, 2.45) is 5.92 Å². The van der Waals surface area contributed by atoms with Gasteiger partial charge in [-0.25, -0.2) is 0 Å². The Morgan fingerprint density at radius 1 is 1.50 bits per heavy atom. The molecule has 0 aliphatic heterocycles. The average Bonchev–Trinajstić information content (AvgIpc) is 2.42. The smallest absolute Gasteiger partial charge is 0.326 e. The topological polar surface area (TPSA) is 46.5 Å². The number of hydrogen-bond acceptors (Lipinski definition) is 3. The van der Waals surface area contributed by atoms with Crippen molar-refractivity contribution in [2.75, 3.05) is 6.61 Å². The Kier molecular flexibility index (Phi) is 7.36. The standard InChI is InChI=1S/C14H23ClO3/c1-2-3-7-10-18-14(17)12(15)13(16)11-8-5-4-6-9-11/h4-5,11-13,16H,2-3,6-10H2,1H3. The van der Waals surface area contributed by atoms with E-state index in [1.807, 2.05) is 6.08 Å². The van der Waals surface area contributed by atoms with Crippen molar-refractivity contribution in [1.29, 1.82) is 0 Å². The van der Waals surface area contributed by atoms with Crippen molar-refractivity contribution < 1.29 is 14.6 Å². The number of aliphatic hydroxyl groups is 1. The Bertz CT molecular complexity index is 278. The Morgan fingerprint density at radius 3 is 2.89 bits per heavy atom. The summed E-state index contributed by atoms with van der Waals surface area (Å²) in [6.07, 6.45) is 8.90. The highest BCUT2D eigenvalue weighted by molar-refractivity contribution is 6.30. The van der Waals surface area contributed by atoms with Crippen LogP contribution in [0, 0.1) is 5.92 Å². The van der Waals surface area contributed by atoms with Gasteiger partial charge in [0.05, 0.1) is 12.7 Å². The lowest BCUT2D eigenvalue weighted by molar-refractivity contribution is -0.146. The third-order valence-corrected chi connectivity index (χ3v) is 3.75. The number of rotatable bonds is 7. The fourth-order valence-corrected chi connectivity index (χ4v) is 2.38. The summed E-state index contributed by atoms with van der Waals surface area (Å²) in [6, 6.07) is 0. The van der Waals surface area contributed by atoms with Crippen LogP contribution in [-0.2, 0) is 9.53 Å². The number of halogens is 1. The van der Waals surface area contributed by atoms with Crippen LogP contribution in [0.1, 0.15) is 45.4 Å². The van der Waals surface area contributed by atoms with Crippen LogP contribution in [0.15, 0.2) is 12.2 Å². The number of alkyl halides is 1. The first kappa shape index (κ1) is 15.5. The maximum Gasteiger partial charge on any atom is 0.326 e. The summed E-state index contributed by atoms with van der Waals surface area (Å²) in [4.78, 5) is 11.7. The van der Waals surface area contributed by atoms with Crippen molar-refractivity contribution in [3.8, 4) is 0 Å². The molecule has 0 aromatic rings. The SMILES string of the molecule is CCCCCOC(=O)C(Cl)C(O)C1CC=CCC1. The van der Waals surface area contributed by atoms with Crippen molar-refractivity contribution in [1.82, 2.24) is 0 Å². The van der Waals surface area contributed by atoms with Gasteiger partial charge < -0.3 is 9.84 Å². The molecule has 4 heteroatoms. The second kappa shape index (κ2) is 8.54. The Labute approximate surface area is 114 Å². The van der Waals surface area contributed by atoms with E-state index in [1.54, 1.807) is 0 Å². The van der Waals surface area contributed by atoms with Gasteiger partial charge in [-0.05, 0) is 31.6 Å². The molecule has 0 saturated carbocycles. The number of aliphatic hydroxyl groups excluding tert-OH is 1. The predicted molar refractivity (Wildman–Crippen MR) is 72.6 cm³/mol. The maximum atomic E-state index is 11.7. The molecule has 3 atom stereocenters. The zero-order chi connectivity index (χ0) is 13.4. The summed E-state index contributed by atoms with van der Waals surface area (Å²) < 4.78 is 5.07. The quantitative estimate of drug-likeness (QED) is 0.336. The normalized spacial score (nSPS) is 22.5. The molecular weight excluding hydrogens is 252 g/mol. The van der Waals surface area contributed by atoms with Gasteiger partial charge in [-0.15, -0.1) is 11.6 Å². The zero-order valence-electron chi connectivity index (χ0n) is 11.0. The molecule has 0 saturated heterocycles. The second-order valence-corrected chi connectivity index (χ2v) is 5.28. The molecule has 0 bridgehead atoms. The zero-order valence-corrected chi connectivity index (χ0v) is 11.7. The number of allylic oxidation sites excluding steroid dienone is 2. The molecule has 18 heavy (non-hydrogen) atoms. The van der Waals surface area contributed by atoms with E-state index in [-0.39, 0.29) is 5.92 Å². The van der Waals surface area contributed by atoms with Crippen LogP contribution in [0.25, 0.3) is 0 Å². The van der Waals surface area contributed by atoms with Crippen molar-refractivity contribution in [3.05, 3.63) is 12.2 Å². The van der Waals surface area contributed by atoms with Gasteiger partial charge in [0.15, 0.2) is 5.38 Å². The van der Waals surface area contributed by atoms with Crippen LogP contribution in [0.4, 0.5) is 0 Å². The molecule has 0 aromatic carbocycles. The highest BCUT2D eigenvalue weighted by atomic mass is 35.5. The van der Waals surface area contributed by atoms with Crippen LogP contribution < -0.4 is 0 Å². The fourth-order valence-electron chi connectivity index (χ4n) is 2.11. The van der Waals surface area contributed by atoms with E-state index in [9.17, 15) is 9.90 Å². The van der Waals surface area contributed by atoms with Crippen LogP contribution in [0.2, 0.25) is 0 Å². The molecule has 0 fully saturated rings. The van der Waals surface area contributed by atoms with Gasteiger partial charge in [-0.1, -0.05) is 31.9 Å². The van der Waals surface area contributed by atoms with E-state index >= 15 is 0 Å². The average molecular weight is 275 g/mol. The van der Waals surface area contributed by atoms with Crippen molar-refractivity contribution >= 4 is 17.6 Å². The number of ether oxygens (including phenoxy) is 1. The minimum Gasteiger partial charge on any atom is -0.465 e. The maximum absolute atomic E-state index is 11.7. The number of carbonyl (C=O) groups is 1. The molecule has 3 nitrogen and oxygen atoms in total. The molecule has 1 aliphatic carbocycles. The summed E-state index contributed by atoms with van der Waals surface area (Å²) in [5.74, 6) is -0.421. The third kappa shape index (κ3) is 4.99. The summed E-state index contributed by atoms with van der Waals surface area (Å²) in [6.45, 7) is 2.49. The Hall–Kier alpha value is -0.540. The molecule has 0 amide bonds. The fraction of sp³-hybridized carbons (Fsp3) is 0.786. The molecule has 1 rings (SSSR count). The largest absolute Gasteiger partial charge is 0.465 e. The van der Waals surface area contributed by atoms with E-state index in [2.05, 4.69) is 13.0 Å². The van der Waals surface area contributed by atoms with Crippen LogP contribution in [0.3, 0.4) is 0 Å². The molecule has 0 aromatic heterocycles. The number of hydrogen-bond donors (Lipinski definition) is 1. The van der Waals surface area contributed by atoms with Crippen LogP contribution >= 0.6 is 11.6 Å². The van der Waals surface area contributed by atoms with E-state index in [0.29, 0.717) is 6.61 Å². The molecule has 0 heterocycles. The molecule has 0 radical (unpaired) electrons. The molecule has 0 spiro atoms. The summed E-state index contributed by atoms with van der Waals surface area (Å²) in [7, 11) is 0. The van der Waals surface area contributed by atoms with Gasteiger partial charge in [-0.2, -0.15) is 0 Å². The van der Waals surface area contributed by atoms with Gasteiger partial charge in [0.1, 0.15) is 0 Å². The van der Waals surface area contributed by atoms with Gasteiger partial charge in [-0.3, -0.25) is 4.79 Å². The monoisotopic (exact) mass is 274 g/mol. The summed E-state index contributed by atoms with van der Waals surface area (Å²) >= 11 is 5.98. The van der Waals surface area contributed by atoms with E-state index in [1.165, 1.54) is 0 Å². The van der Waals surface area contributed by atoms with Crippen LogP contribution in [-0.4, -0.2) is 29.2 Å². The first-order valence-electron chi connectivity index (χ1n) is 6.80. The first-order valence-corrected chi connectivity index (χ1v) is 7.24. The Morgan fingerprint density at radius 2 is 2.28 bits per heavy atom. The molecule has 3 unspecified atom stereocenters. The molecular formula is C14H23ClO3. The third-order valence-electron chi connectivity index (χ3n) is 3.31. The second-order valence-electron chi connectivity index (χ2n) is 4.81. The highest BCUT2D eigenvalue weighted by Crippen LogP contribution is 2.26. The number of unbranched alkanes of at least 4 members (excludes halogenated alkanes) is 2. The van der Waals surface area contributed by atoms with Crippen molar-refractivity contribution in [2.45, 2.75) is 56.9 Å². The number of carbonyl (C=O) groups excluding carboxylic acids is 1. The lowest BCUT2D eigenvalue weighted by Gasteiger charge is -2.26. The van der Waals surface area contributed by atoms with E-state index < -0.39 is 17.5 Å².